The van der Waals surface area contributed by atoms with Gasteiger partial charge >= 0.3 is 0 Å². The molecule has 1 aliphatic rings. The quantitative estimate of drug-likeness (QED) is 0.824. The van der Waals surface area contributed by atoms with Crippen molar-refractivity contribution < 1.29 is 9.59 Å². The van der Waals surface area contributed by atoms with Crippen LogP contribution in [0.4, 0.5) is 0 Å². The Labute approximate surface area is 141 Å². The maximum atomic E-state index is 12.8. The Morgan fingerprint density at radius 1 is 1.29 bits per heavy atom. The molecule has 1 fully saturated rings. The molecule has 0 aliphatic heterocycles. The maximum absolute atomic E-state index is 12.8. The van der Waals surface area contributed by atoms with Crippen molar-refractivity contribution in [2.75, 3.05) is 14.1 Å². The predicted octanol–water partition coefficient (Wildman–Crippen LogP) is 1.95. The first-order valence-electron chi connectivity index (χ1n) is 8.14. The van der Waals surface area contributed by atoms with Gasteiger partial charge in [0.25, 0.3) is 0 Å². The summed E-state index contributed by atoms with van der Waals surface area (Å²) < 4.78 is 0. The summed E-state index contributed by atoms with van der Waals surface area (Å²) in [7, 11) is 3.30. The summed E-state index contributed by atoms with van der Waals surface area (Å²) in [5, 5.41) is 2.62. The standard InChI is InChI=1S/C18H22N4O2/c1-19-16(23)18(9-6-10-18)17(24)22(2)12-15-20-11-14(21-15)13-7-4-3-5-8-13/h3-5,7-8,11H,6,9-10,12H2,1-2H3,(H,19,23)(H,20,21). The predicted molar refractivity (Wildman–Crippen MR) is 90.8 cm³/mol. The van der Waals surface area contributed by atoms with Crippen molar-refractivity contribution in [2.24, 2.45) is 5.41 Å². The number of nitrogens with one attached hydrogen (secondary N) is 2. The average Bonchev–Trinajstić information content (AvgIpc) is 3.02. The molecule has 1 heterocycles. The van der Waals surface area contributed by atoms with Gasteiger partial charge in [-0.2, -0.15) is 0 Å². The molecule has 2 aromatic rings. The molecule has 1 saturated carbocycles. The molecule has 0 bridgehead atoms. The van der Waals surface area contributed by atoms with Gasteiger partial charge in [-0.3, -0.25) is 9.59 Å². The van der Waals surface area contributed by atoms with Crippen LogP contribution in [0.1, 0.15) is 25.1 Å². The van der Waals surface area contributed by atoms with Gasteiger partial charge in [0.1, 0.15) is 11.2 Å². The van der Waals surface area contributed by atoms with E-state index >= 15 is 0 Å². The highest BCUT2D eigenvalue weighted by molar-refractivity contribution is 6.05. The molecule has 0 spiro atoms. The van der Waals surface area contributed by atoms with Crippen LogP contribution in [0, 0.1) is 5.41 Å². The summed E-state index contributed by atoms with van der Waals surface area (Å²) in [6.45, 7) is 0.352. The SMILES string of the molecule is CNC(=O)C1(C(=O)N(C)Cc2ncc(-c3ccccc3)[nH]2)CCC1. The van der Waals surface area contributed by atoms with Crippen molar-refractivity contribution in [1.82, 2.24) is 20.2 Å². The van der Waals surface area contributed by atoms with E-state index in [1.807, 2.05) is 30.3 Å². The highest BCUT2D eigenvalue weighted by atomic mass is 16.2. The number of amides is 2. The molecule has 0 radical (unpaired) electrons. The number of H-pyrrole nitrogens is 1. The number of aromatic nitrogens is 2. The number of carbonyl (C=O) groups excluding carboxylic acids is 2. The zero-order valence-corrected chi connectivity index (χ0v) is 14.0. The van der Waals surface area contributed by atoms with Gasteiger partial charge in [0.15, 0.2) is 0 Å². The molecule has 0 unspecified atom stereocenters. The van der Waals surface area contributed by atoms with Gasteiger partial charge in [-0.05, 0) is 18.4 Å². The third-order valence-corrected chi connectivity index (χ3v) is 4.73. The molecule has 1 aromatic heterocycles. The Morgan fingerprint density at radius 2 is 2.00 bits per heavy atom. The van der Waals surface area contributed by atoms with Crippen LogP contribution < -0.4 is 5.32 Å². The van der Waals surface area contributed by atoms with Gasteiger partial charge in [0.05, 0.1) is 18.4 Å². The van der Waals surface area contributed by atoms with Crippen molar-refractivity contribution in [3.05, 3.63) is 42.4 Å². The topological polar surface area (TPSA) is 78.1 Å². The molecule has 3 rings (SSSR count). The fourth-order valence-electron chi connectivity index (χ4n) is 3.18. The van der Waals surface area contributed by atoms with Crippen molar-refractivity contribution in [1.29, 1.82) is 0 Å². The third kappa shape index (κ3) is 2.79. The fourth-order valence-corrected chi connectivity index (χ4v) is 3.18. The minimum Gasteiger partial charge on any atom is -0.358 e. The molecular formula is C18H22N4O2. The van der Waals surface area contributed by atoms with E-state index in [1.165, 1.54) is 0 Å². The van der Waals surface area contributed by atoms with E-state index in [-0.39, 0.29) is 11.8 Å². The lowest BCUT2D eigenvalue weighted by atomic mass is 9.67. The van der Waals surface area contributed by atoms with Crippen molar-refractivity contribution >= 4 is 11.8 Å². The molecular weight excluding hydrogens is 304 g/mol. The highest BCUT2D eigenvalue weighted by Gasteiger charge is 2.51. The molecule has 2 N–H and O–H groups in total. The number of aromatic amines is 1. The average molecular weight is 326 g/mol. The zero-order chi connectivity index (χ0) is 17.2. The second-order valence-electron chi connectivity index (χ2n) is 6.29. The zero-order valence-electron chi connectivity index (χ0n) is 14.0. The smallest absolute Gasteiger partial charge is 0.238 e. The summed E-state index contributed by atoms with van der Waals surface area (Å²) in [6, 6.07) is 9.90. The van der Waals surface area contributed by atoms with Gasteiger partial charge in [0, 0.05) is 14.1 Å². The molecule has 126 valence electrons. The summed E-state index contributed by atoms with van der Waals surface area (Å²) in [4.78, 5) is 34.1. The van der Waals surface area contributed by atoms with Crippen LogP contribution in [-0.4, -0.2) is 40.8 Å². The van der Waals surface area contributed by atoms with Gasteiger partial charge in [0.2, 0.25) is 11.8 Å². The van der Waals surface area contributed by atoms with Crippen molar-refractivity contribution in [3.63, 3.8) is 0 Å². The number of imidazole rings is 1. The molecule has 0 saturated heterocycles. The first kappa shape index (κ1) is 16.2. The Bertz CT molecular complexity index is 734. The monoisotopic (exact) mass is 326 g/mol. The lowest BCUT2D eigenvalue weighted by Gasteiger charge is -2.40. The molecule has 1 aromatic carbocycles. The number of carbonyl (C=O) groups is 2. The first-order chi connectivity index (χ1) is 11.6. The van der Waals surface area contributed by atoms with Gasteiger partial charge in [-0.1, -0.05) is 36.8 Å². The minimum atomic E-state index is -0.891. The minimum absolute atomic E-state index is 0.134. The van der Waals surface area contributed by atoms with Crippen molar-refractivity contribution in [3.8, 4) is 11.3 Å². The molecule has 0 atom stereocenters. The first-order valence-corrected chi connectivity index (χ1v) is 8.14. The van der Waals surface area contributed by atoms with E-state index in [0.29, 0.717) is 25.2 Å². The van der Waals surface area contributed by atoms with Gasteiger partial charge < -0.3 is 15.2 Å². The number of rotatable bonds is 5. The Morgan fingerprint density at radius 3 is 2.58 bits per heavy atom. The molecule has 1 aliphatic carbocycles. The van der Waals surface area contributed by atoms with Gasteiger partial charge in [-0.15, -0.1) is 0 Å². The Hall–Kier alpha value is -2.63. The van der Waals surface area contributed by atoms with Crippen LogP contribution in [0.25, 0.3) is 11.3 Å². The summed E-state index contributed by atoms with van der Waals surface area (Å²) >= 11 is 0. The van der Waals surface area contributed by atoms with Crippen LogP contribution in [0.15, 0.2) is 36.5 Å². The second kappa shape index (κ2) is 6.47. The van der Waals surface area contributed by atoms with Crippen LogP contribution >= 0.6 is 0 Å². The van der Waals surface area contributed by atoms with E-state index < -0.39 is 5.41 Å². The van der Waals surface area contributed by atoms with Crippen LogP contribution in [-0.2, 0) is 16.1 Å². The van der Waals surface area contributed by atoms with E-state index in [1.54, 1.807) is 25.2 Å². The van der Waals surface area contributed by atoms with Gasteiger partial charge in [-0.25, -0.2) is 4.98 Å². The molecule has 2 amide bonds. The largest absolute Gasteiger partial charge is 0.358 e. The number of benzene rings is 1. The van der Waals surface area contributed by atoms with Crippen LogP contribution in [0.3, 0.4) is 0 Å². The summed E-state index contributed by atoms with van der Waals surface area (Å²) in [5.41, 5.74) is 1.07. The van der Waals surface area contributed by atoms with E-state index in [9.17, 15) is 9.59 Å². The number of nitrogens with zero attached hydrogens (tertiary/aromatic N) is 2. The third-order valence-electron chi connectivity index (χ3n) is 4.73. The molecule has 6 nitrogen and oxygen atoms in total. The Balaban J connectivity index is 1.71. The second-order valence-corrected chi connectivity index (χ2v) is 6.29. The Kier molecular flexibility index (Phi) is 4.38. The van der Waals surface area contributed by atoms with E-state index in [2.05, 4.69) is 15.3 Å². The highest BCUT2D eigenvalue weighted by Crippen LogP contribution is 2.42. The lowest BCUT2D eigenvalue weighted by molar-refractivity contribution is -0.156. The normalized spacial score (nSPS) is 15.4. The van der Waals surface area contributed by atoms with E-state index in [0.717, 1.165) is 17.7 Å². The molecule has 24 heavy (non-hydrogen) atoms. The van der Waals surface area contributed by atoms with E-state index in [4.69, 9.17) is 0 Å². The number of hydrogen-bond acceptors (Lipinski definition) is 3. The lowest BCUT2D eigenvalue weighted by Crippen LogP contribution is -2.54. The fraction of sp³-hybridized carbons (Fsp3) is 0.389. The summed E-state index contributed by atoms with van der Waals surface area (Å²) in [5.74, 6) is 0.386. The van der Waals surface area contributed by atoms with Crippen LogP contribution in [0.5, 0.6) is 0 Å². The summed E-state index contributed by atoms with van der Waals surface area (Å²) in [6.07, 6.45) is 3.90. The number of hydrogen-bond donors (Lipinski definition) is 2. The van der Waals surface area contributed by atoms with Crippen molar-refractivity contribution in [2.45, 2.75) is 25.8 Å². The van der Waals surface area contributed by atoms with Crippen LogP contribution in [0.2, 0.25) is 0 Å². The molecule has 6 heteroatoms. The maximum Gasteiger partial charge on any atom is 0.238 e.